The highest BCUT2D eigenvalue weighted by Gasteiger charge is 2.08. The lowest BCUT2D eigenvalue weighted by molar-refractivity contribution is 0.415. The van der Waals surface area contributed by atoms with Crippen molar-refractivity contribution in [1.29, 1.82) is 0 Å². The molecule has 1 aromatic carbocycles. The average Bonchev–Trinajstić information content (AvgIpc) is 2.10. The minimum Gasteiger partial charge on any atom is -0.495 e. The minimum absolute atomic E-state index is 0.499. The topological polar surface area (TPSA) is 9.23 Å². The zero-order valence-electron chi connectivity index (χ0n) is 7.03. The smallest absolute Gasteiger partial charge is 0.138 e. The summed E-state index contributed by atoms with van der Waals surface area (Å²) in [7, 11) is 1.57. The van der Waals surface area contributed by atoms with Crippen LogP contribution in [0.4, 0.5) is 0 Å². The largest absolute Gasteiger partial charge is 0.495 e. The van der Waals surface area contributed by atoms with Crippen LogP contribution in [0.15, 0.2) is 12.1 Å². The molecule has 1 rings (SSSR count). The molecule has 3 heteroatoms. The number of aryl methyl sites for hydroxylation is 1. The van der Waals surface area contributed by atoms with E-state index < -0.39 is 0 Å². The summed E-state index contributed by atoms with van der Waals surface area (Å²) in [5.41, 5.74) is 1.04. The Morgan fingerprint density at radius 3 is 2.42 bits per heavy atom. The van der Waals surface area contributed by atoms with Crippen LogP contribution < -0.4 is 4.74 Å². The SMILES string of the molecule is CCc1ccc(OC)c(Cl)c1Cl. The summed E-state index contributed by atoms with van der Waals surface area (Å²) in [6, 6.07) is 3.75. The molecule has 0 aliphatic heterocycles. The van der Waals surface area contributed by atoms with Crippen molar-refractivity contribution in [1.82, 2.24) is 0 Å². The van der Waals surface area contributed by atoms with Crippen LogP contribution in [0, 0.1) is 0 Å². The van der Waals surface area contributed by atoms with E-state index >= 15 is 0 Å². The van der Waals surface area contributed by atoms with Gasteiger partial charge >= 0.3 is 0 Å². The van der Waals surface area contributed by atoms with Gasteiger partial charge in [0.25, 0.3) is 0 Å². The molecule has 0 atom stereocenters. The molecule has 0 bridgehead atoms. The first kappa shape index (κ1) is 9.69. The van der Waals surface area contributed by atoms with Crippen molar-refractivity contribution >= 4 is 23.2 Å². The third-order valence-electron chi connectivity index (χ3n) is 1.73. The van der Waals surface area contributed by atoms with Gasteiger partial charge in [-0.2, -0.15) is 0 Å². The molecule has 12 heavy (non-hydrogen) atoms. The molecule has 1 aromatic rings. The first-order valence-electron chi connectivity index (χ1n) is 3.71. The van der Waals surface area contributed by atoms with Gasteiger partial charge in [-0.25, -0.2) is 0 Å². The highest BCUT2D eigenvalue weighted by molar-refractivity contribution is 6.43. The minimum atomic E-state index is 0.499. The van der Waals surface area contributed by atoms with Gasteiger partial charge in [-0.3, -0.25) is 0 Å². The molecule has 0 saturated carbocycles. The lowest BCUT2D eigenvalue weighted by atomic mass is 10.2. The molecule has 0 amide bonds. The van der Waals surface area contributed by atoms with Gasteiger partial charge in [0.2, 0.25) is 0 Å². The summed E-state index contributed by atoms with van der Waals surface area (Å²) in [4.78, 5) is 0. The van der Waals surface area contributed by atoms with Crippen LogP contribution in [0.25, 0.3) is 0 Å². The highest BCUT2D eigenvalue weighted by Crippen LogP contribution is 2.34. The van der Waals surface area contributed by atoms with Crippen LogP contribution in [0.3, 0.4) is 0 Å². The van der Waals surface area contributed by atoms with E-state index in [9.17, 15) is 0 Å². The molecular weight excluding hydrogens is 195 g/mol. The van der Waals surface area contributed by atoms with Gasteiger partial charge in [0, 0.05) is 0 Å². The highest BCUT2D eigenvalue weighted by atomic mass is 35.5. The van der Waals surface area contributed by atoms with Gasteiger partial charge in [0.15, 0.2) is 0 Å². The average molecular weight is 205 g/mol. The Bertz CT molecular complexity index is 255. The second-order valence-corrected chi connectivity index (χ2v) is 3.16. The summed E-state index contributed by atoms with van der Waals surface area (Å²) < 4.78 is 5.01. The first-order valence-corrected chi connectivity index (χ1v) is 4.47. The number of hydrogen-bond donors (Lipinski definition) is 0. The predicted molar refractivity (Wildman–Crippen MR) is 52.4 cm³/mol. The fraction of sp³-hybridized carbons (Fsp3) is 0.333. The van der Waals surface area contributed by atoms with Crippen molar-refractivity contribution in [2.45, 2.75) is 13.3 Å². The van der Waals surface area contributed by atoms with Crippen LogP contribution in [0.2, 0.25) is 10.0 Å². The van der Waals surface area contributed by atoms with Crippen LogP contribution in [-0.2, 0) is 6.42 Å². The number of ether oxygens (including phenoxy) is 1. The second-order valence-electron chi connectivity index (χ2n) is 2.41. The van der Waals surface area contributed by atoms with Crippen LogP contribution in [0.1, 0.15) is 12.5 Å². The van der Waals surface area contributed by atoms with E-state index in [0.29, 0.717) is 15.8 Å². The van der Waals surface area contributed by atoms with E-state index in [1.54, 1.807) is 7.11 Å². The lowest BCUT2D eigenvalue weighted by Gasteiger charge is -2.07. The van der Waals surface area contributed by atoms with Gasteiger partial charge in [-0.15, -0.1) is 0 Å². The summed E-state index contributed by atoms with van der Waals surface area (Å²) in [5.74, 6) is 0.624. The van der Waals surface area contributed by atoms with Crippen molar-refractivity contribution in [3.05, 3.63) is 27.7 Å². The fourth-order valence-corrected chi connectivity index (χ4v) is 1.55. The Hall–Kier alpha value is -0.400. The first-order chi connectivity index (χ1) is 5.70. The van der Waals surface area contributed by atoms with Gasteiger partial charge in [-0.1, -0.05) is 36.2 Å². The zero-order chi connectivity index (χ0) is 9.14. The molecule has 1 nitrogen and oxygen atoms in total. The molecule has 0 spiro atoms. The van der Waals surface area contributed by atoms with Crippen LogP contribution >= 0.6 is 23.2 Å². The summed E-state index contributed by atoms with van der Waals surface area (Å²) in [6.07, 6.45) is 0.878. The molecule has 0 fully saturated rings. The van der Waals surface area contributed by atoms with Crippen molar-refractivity contribution in [3.63, 3.8) is 0 Å². The third kappa shape index (κ3) is 1.67. The molecule has 0 aliphatic carbocycles. The van der Waals surface area contributed by atoms with E-state index in [2.05, 4.69) is 0 Å². The summed E-state index contributed by atoms with van der Waals surface area (Å²) >= 11 is 11.9. The van der Waals surface area contributed by atoms with E-state index in [-0.39, 0.29) is 0 Å². The maximum Gasteiger partial charge on any atom is 0.138 e. The predicted octanol–water partition coefficient (Wildman–Crippen LogP) is 3.56. The number of benzene rings is 1. The summed E-state index contributed by atoms with van der Waals surface area (Å²) in [5, 5.41) is 1.09. The monoisotopic (exact) mass is 204 g/mol. The van der Waals surface area contributed by atoms with Gasteiger partial charge in [0.1, 0.15) is 10.8 Å². The lowest BCUT2D eigenvalue weighted by Crippen LogP contribution is -1.88. The molecule has 0 heterocycles. The Morgan fingerprint density at radius 2 is 1.92 bits per heavy atom. The Balaban J connectivity index is 3.20. The van der Waals surface area contributed by atoms with Crippen LogP contribution in [0.5, 0.6) is 5.75 Å². The molecule has 0 aromatic heterocycles. The van der Waals surface area contributed by atoms with E-state index in [4.69, 9.17) is 27.9 Å². The molecular formula is C9H10Cl2O. The van der Waals surface area contributed by atoms with Crippen molar-refractivity contribution in [2.75, 3.05) is 7.11 Å². The Kier molecular flexibility index (Phi) is 3.24. The molecule has 0 saturated heterocycles. The van der Waals surface area contributed by atoms with Crippen molar-refractivity contribution in [3.8, 4) is 5.75 Å². The number of hydrogen-bond acceptors (Lipinski definition) is 1. The van der Waals surface area contributed by atoms with Gasteiger partial charge in [-0.05, 0) is 18.1 Å². The number of methoxy groups -OCH3 is 1. The molecule has 0 N–H and O–H groups in total. The Labute approximate surface area is 82.2 Å². The zero-order valence-corrected chi connectivity index (χ0v) is 8.54. The number of rotatable bonds is 2. The summed E-state index contributed by atoms with van der Waals surface area (Å²) in [6.45, 7) is 2.03. The van der Waals surface area contributed by atoms with Crippen molar-refractivity contribution in [2.24, 2.45) is 0 Å². The maximum absolute atomic E-state index is 5.97. The third-order valence-corrected chi connectivity index (χ3v) is 2.63. The van der Waals surface area contributed by atoms with E-state index in [1.807, 2.05) is 19.1 Å². The second kappa shape index (κ2) is 4.01. The standard InChI is InChI=1S/C9H10Cl2O/c1-3-6-4-5-7(12-2)9(11)8(6)10/h4-5H,3H2,1-2H3. The van der Waals surface area contributed by atoms with Gasteiger partial charge in [0.05, 0.1) is 12.1 Å². The van der Waals surface area contributed by atoms with Gasteiger partial charge < -0.3 is 4.74 Å². The maximum atomic E-state index is 5.97. The molecule has 0 radical (unpaired) electrons. The quantitative estimate of drug-likeness (QED) is 0.717. The van der Waals surface area contributed by atoms with Crippen molar-refractivity contribution < 1.29 is 4.74 Å². The molecule has 0 aliphatic rings. The molecule has 0 unspecified atom stereocenters. The normalized spacial score (nSPS) is 10.0. The van der Waals surface area contributed by atoms with E-state index in [1.165, 1.54) is 0 Å². The van der Waals surface area contributed by atoms with Crippen LogP contribution in [-0.4, -0.2) is 7.11 Å². The Morgan fingerprint density at radius 1 is 1.25 bits per heavy atom. The molecule has 66 valence electrons. The van der Waals surface area contributed by atoms with E-state index in [0.717, 1.165) is 12.0 Å². The number of halogens is 2. The fourth-order valence-electron chi connectivity index (χ4n) is 1.00.